The molecule has 0 saturated heterocycles. The van der Waals surface area contributed by atoms with E-state index in [9.17, 15) is 4.79 Å². The van der Waals surface area contributed by atoms with E-state index < -0.39 is 0 Å². The second kappa shape index (κ2) is 6.40. The van der Waals surface area contributed by atoms with Crippen LogP contribution in [-0.4, -0.2) is 35.0 Å². The summed E-state index contributed by atoms with van der Waals surface area (Å²) in [7, 11) is 0. The van der Waals surface area contributed by atoms with Crippen LogP contribution in [0.25, 0.3) is 0 Å². The normalized spacial score (nSPS) is 21.4. The van der Waals surface area contributed by atoms with Gasteiger partial charge in [0.15, 0.2) is 0 Å². The molecule has 1 atom stereocenters. The predicted molar refractivity (Wildman–Crippen MR) is 84.6 cm³/mol. The van der Waals surface area contributed by atoms with Gasteiger partial charge in [0, 0.05) is 29.1 Å². The zero-order valence-corrected chi connectivity index (χ0v) is 13.1. The van der Waals surface area contributed by atoms with Crippen LogP contribution in [0.2, 0.25) is 0 Å². The summed E-state index contributed by atoms with van der Waals surface area (Å²) >= 11 is 7.62. The molecule has 3 rings (SSSR count). The molecule has 4 heteroatoms. The Morgan fingerprint density at radius 1 is 1.35 bits per heavy atom. The van der Waals surface area contributed by atoms with Crippen molar-refractivity contribution < 1.29 is 4.79 Å². The Morgan fingerprint density at radius 3 is 2.85 bits per heavy atom. The fourth-order valence-electron chi connectivity index (χ4n) is 2.97. The molecule has 1 aromatic rings. The minimum absolute atomic E-state index is 0.0483. The number of hydrogen-bond acceptors (Lipinski definition) is 2. The monoisotopic (exact) mass is 309 g/mol. The molecule has 1 heterocycles. The van der Waals surface area contributed by atoms with Crippen LogP contribution in [0.5, 0.6) is 0 Å². The van der Waals surface area contributed by atoms with Gasteiger partial charge in [-0.15, -0.1) is 23.4 Å². The molecule has 0 spiro atoms. The van der Waals surface area contributed by atoms with E-state index in [0.717, 1.165) is 31.6 Å². The summed E-state index contributed by atoms with van der Waals surface area (Å²) in [4.78, 5) is 16.3. The molecule has 1 unspecified atom stereocenters. The largest absolute Gasteiger partial charge is 0.339 e. The average Bonchev–Trinajstić information content (AvgIpc) is 2.84. The van der Waals surface area contributed by atoms with Crippen LogP contribution in [-0.2, 0) is 4.79 Å². The minimum atomic E-state index is 0.0483. The maximum absolute atomic E-state index is 12.9. The van der Waals surface area contributed by atoms with Gasteiger partial charge in [-0.3, -0.25) is 4.79 Å². The van der Waals surface area contributed by atoms with Crippen molar-refractivity contribution >= 4 is 29.3 Å². The summed E-state index contributed by atoms with van der Waals surface area (Å²) in [6, 6.07) is 8.79. The lowest BCUT2D eigenvalue weighted by Gasteiger charge is -2.39. The molecule has 1 aromatic carbocycles. The molecule has 2 aliphatic rings. The van der Waals surface area contributed by atoms with Crippen LogP contribution in [0.1, 0.15) is 37.2 Å². The molecule has 1 fully saturated rings. The van der Waals surface area contributed by atoms with Crippen LogP contribution in [0.4, 0.5) is 0 Å². The molecule has 1 saturated carbocycles. The van der Waals surface area contributed by atoms with Gasteiger partial charge in [0.25, 0.3) is 0 Å². The lowest BCUT2D eigenvalue weighted by Crippen LogP contribution is -2.47. The first-order valence-corrected chi connectivity index (χ1v) is 8.91. The van der Waals surface area contributed by atoms with Gasteiger partial charge in [-0.1, -0.05) is 18.2 Å². The Hall–Kier alpha value is -0.670. The van der Waals surface area contributed by atoms with E-state index in [1.807, 2.05) is 17.8 Å². The fraction of sp³-hybridized carbons (Fsp3) is 0.562. The molecular formula is C16H20ClNOS. The Balaban J connectivity index is 1.76. The molecule has 20 heavy (non-hydrogen) atoms. The van der Waals surface area contributed by atoms with Gasteiger partial charge in [-0.05, 0) is 37.3 Å². The molecule has 108 valence electrons. The second-order valence-corrected chi connectivity index (χ2v) is 7.00. The number of carbonyl (C=O) groups excluding carboxylic acids is 1. The summed E-state index contributed by atoms with van der Waals surface area (Å²) in [6.07, 6.45) is 4.47. The maximum atomic E-state index is 12.9. The molecular weight excluding hydrogens is 290 g/mol. The zero-order valence-electron chi connectivity index (χ0n) is 11.6. The van der Waals surface area contributed by atoms with Crippen molar-refractivity contribution in [2.75, 3.05) is 18.2 Å². The highest BCUT2D eigenvalue weighted by Gasteiger charge is 2.36. The number of alkyl halides is 1. The Bertz CT molecular complexity index is 489. The first-order chi connectivity index (χ1) is 9.81. The third kappa shape index (κ3) is 2.71. The number of halogens is 1. The van der Waals surface area contributed by atoms with Crippen molar-refractivity contribution in [3.8, 4) is 0 Å². The molecule has 0 N–H and O–H groups in total. The van der Waals surface area contributed by atoms with Crippen LogP contribution in [0, 0.1) is 0 Å². The number of amides is 1. The SMILES string of the molecule is O=C(C1CSc2ccccc21)N(CCCCl)C1CCC1. The van der Waals surface area contributed by atoms with Crippen molar-refractivity contribution in [2.24, 2.45) is 0 Å². The number of carbonyl (C=O) groups is 1. The summed E-state index contributed by atoms with van der Waals surface area (Å²) < 4.78 is 0. The number of hydrogen-bond donors (Lipinski definition) is 0. The van der Waals surface area contributed by atoms with Crippen LogP contribution in [0.3, 0.4) is 0 Å². The highest BCUT2D eigenvalue weighted by Crippen LogP contribution is 2.41. The Kier molecular flexibility index (Phi) is 4.57. The fourth-order valence-corrected chi connectivity index (χ4v) is 4.31. The number of fused-ring (bicyclic) bond motifs is 1. The number of rotatable bonds is 5. The van der Waals surface area contributed by atoms with Gasteiger partial charge in [-0.2, -0.15) is 0 Å². The highest BCUT2D eigenvalue weighted by molar-refractivity contribution is 7.99. The molecule has 1 aliphatic carbocycles. The Morgan fingerprint density at radius 2 is 2.15 bits per heavy atom. The Labute approximate surface area is 129 Å². The van der Waals surface area contributed by atoms with E-state index in [1.165, 1.54) is 16.9 Å². The second-order valence-electron chi connectivity index (χ2n) is 5.56. The summed E-state index contributed by atoms with van der Waals surface area (Å²) in [5.74, 6) is 1.89. The number of nitrogens with zero attached hydrogens (tertiary/aromatic N) is 1. The van der Waals surface area contributed by atoms with Crippen LogP contribution >= 0.6 is 23.4 Å². The third-order valence-corrected chi connectivity index (χ3v) is 5.78. The van der Waals surface area contributed by atoms with Gasteiger partial charge < -0.3 is 4.90 Å². The lowest BCUT2D eigenvalue weighted by molar-refractivity contribution is -0.136. The van der Waals surface area contributed by atoms with E-state index in [0.29, 0.717) is 17.8 Å². The van der Waals surface area contributed by atoms with Gasteiger partial charge in [0.2, 0.25) is 5.91 Å². The van der Waals surface area contributed by atoms with Crippen molar-refractivity contribution in [3.63, 3.8) is 0 Å². The zero-order chi connectivity index (χ0) is 13.9. The predicted octanol–water partition coefficient (Wildman–Crippen LogP) is 3.89. The van der Waals surface area contributed by atoms with E-state index in [2.05, 4.69) is 23.1 Å². The molecule has 2 nitrogen and oxygen atoms in total. The van der Waals surface area contributed by atoms with Crippen molar-refractivity contribution in [1.29, 1.82) is 0 Å². The summed E-state index contributed by atoms with van der Waals surface area (Å²) in [5, 5.41) is 0. The highest BCUT2D eigenvalue weighted by atomic mass is 35.5. The summed E-state index contributed by atoms with van der Waals surface area (Å²) in [5.41, 5.74) is 1.22. The van der Waals surface area contributed by atoms with Gasteiger partial charge in [-0.25, -0.2) is 0 Å². The third-order valence-electron chi connectivity index (χ3n) is 4.33. The molecule has 0 bridgehead atoms. The van der Waals surface area contributed by atoms with Crippen LogP contribution < -0.4 is 0 Å². The van der Waals surface area contributed by atoms with E-state index in [1.54, 1.807) is 0 Å². The molecule has 0 aromatic heterocycles. The van der Waals surface area contributed by atoms with E-state index >= 15 is 0 Å². The minimum Gasteiger partial charge on any atom is -0.339 e. The van der Waals surface area contributed by atoms with E-state index in [-0.39, 0.29) is 5.92 Å². The summed E-state index contributed by atoms with van der Waals surface area (Å²) in [6.45, 7) is 0.816. The lowest BCUT2D eigenvalue weighted by atomic mass is 9.89. The number of benzene rings is 1. The van der Waals surface area contributed by atoms with Gasteiger partial charge in [0.05, 0.1) is 5.92 Å². The first-order valence-electron chi connectivity index (χ1n) is 7.39. The maximum Gasteiger partial charge on any atom is 0.231 e. The van der Waals surface area contributed by atoms with Crippen molar-refractivity contribution in [2.45, 2.75) is 42.5 Å². The number of thioether (sulfide) groups is 1. The molecule has 0 radical (unpaired) electrons. The topological polar surface area (TPSA) is 20.3 Å². The van der Waals surface area contributed by atoms with E-state index in [4.69, 9.17) is 11.6 Å². The quantitative estimate of drug-likeness (QED) is 0.769. The van der Waals surface area contributed by atoms with Crippen molar-refractivity contribution in [3.05, 3.63) is 29.8 Å². The smallest absolute Gasteiger partial charge is 0.231 e. The van der Waals surface area contributed by atoms with Crippen LogP contribution in [0.15, 0.2) is 29.2 Å². The van der Waals surface area contributed by atoms with Crippen molar-refractivity contribution in [1.82, 2.24) is 4.90 Å². The van der Waals surface area contributed by atoms with Gasteiger partial charge >= 0.3 is 0 Å². The first kappa shape index (κ1) is 14.3. The average molecular weight is 310 g/mol. The van der Waals surface area contributed by atoms with Gasteiger partial charge in [0.1, 0.15) is 0 Å². The molecule has 1 aliphatic heterocycles. The molecule has 1 amide bonds. The standard InChI is InChI=1S/C16H20ClNOS/c17-9-4-10-18(12-5-3-6-12)16(19)14-11-20-15-8-2-1-7-13(14)15/h1-2,7-8,12,14H,3-6,9-11H2.